The number of amides is 1. The van der Waals surface area contributed by atoms with E-state index < -0.39 is 30.3 Å². The van der Waals surface area contributed by atoms with Crippen molar-refractivity contribution >= 4 is 24.5 Å². The second kappa shape index (κ2) is 7.85. The molecule has 0 aromatic heterocycles. The minimum atomic E-state index is -1.05. The van der Waals surface area contributed by atoms with Gasteiger partial charge in [-0.05, 0) is 45.1 Å². The average Bonchev–Trinajstić information content (AvgIpc) is 3.21. The number of ether oxygens (including phenoxy) is 1. The number of benzene rings is 1. The van der Waals surface area contributed by atoms with Crippen LogP contribution >= 0.6 is 0 Å². The van der Waals surface area contributed by atoms with Crippen LogP contribution in [0.2, 0.25) is 0 Å². The van der Waals surface area contributed by atoms with E-state index >= 15 is 0 Å². The van der Waals surface area contributed by atoms with Gasteiger partial charge in [0.05, 0.1) is 23.7 Å². The summed E-state index contributed by atoms with van der Waals surface area (Å²) < 4.78 is 17.3. The molecule has 0 unspecified atom stereocenters. The largest absolute Gasteiger partial charge is 0.494 e. The average molecular weight is 389 g/mol. The van der Waals surface area contributed by atoms with Gasteiger partial charge in [-0.2, -0.15) is 0 Å². The number of carbonyl (C=O) groups excluding carboxylic acids is 1. The third-order valence-electron chi connectivity index (χ3n) is 5.86. The number of aliphatic carboxylic acids is 1. The SMILES string of the molecule is CC1(C)OB(c2ccc(C[C@H](NC(=O)[C@@H]3CCOC3)C(=O)O)cc2)OC1(C)C. The van der Waals surface area contributed by atoms with E-state index in [0.717, 1.165) is 11.0 Å². The Bertz CT molecular complexity index is 711. The van der Waals surface area contributed by atoms with Gasteiger partial charge in [0.2, 0.25) is 5.91 Å². The van der Waals surface area contributed by atoms with Crippen LogP contribution in [-0.2, 0) is 30.1 Å². The highest BCUT2D eigenvalue weighted by Crippen LogP contribution is 2.36. The monoisotopic (exact) mass is 389 g/mol. The molecule has 2 saturated heterocycles. The minimum absolute atomic E-state index is 0.207. The Hall–Kier alpha value is -1.90. The fourth-order valence-electron chi connectivity index (χ4n) is 3.26. The van der Waals surface area contributed by atoms with Crippen molar-refractivity contribution in [2.45, 2.75) is 57.8 Å². The highest BCUT2D eigenvalue weighted by atomic mass is 16.7. The molecule has 7 nitrogen and oxygen atoms in total. The van der Waals surface area contributed by atoms with E-state index in [-0.39, 0.29) is 18.2 Å². The summed E-state index contributed by atoms with van der Waals surface area (Å²) in [6.45, 7) is 8.87. The number of hydrogen-bond donors (Lipinski definition) is 2. The third-order valence-corrected chi connectivity index (χ3v) is 5.86. The second-order valence-electron chi connectivity index (χ2n) is 8.49. The highest BCUT2D eigenvalue weighted by Gasteiger charge is 2.51. The van der Waals surface area contributed by atoms with Gasteiger partial charge < -0.3 is 24.5 Å². The number of nitrogens with one attached hydrogen (secondary N) is 1. The predicted octanol–water partition coefficient (Wildman–Crippen LogP) is 1.13. The molecule has 2 aliphatic heterocycles. The number of hydrogen-bond acceptors (Lipinski definition) is 5. The van der Waals surface area contributed by atoms with Crippen molar-refractivity contribution in [2.75, 3.05) is 13.2 Å². The summed E-state index contributed by atoms with van der Waals surface area (Å²) in [5.41, 5.74) is 0.856. The van der Waals surface area contributed by atoms with Crippen molar-refractivity contribution in [3.05, 3.63) is 29.8 Å². The molecule has 0 bridgehead atoms. The van der Waals surface area contributed by atoms with Crippen molar-refractivity contribution in [3.8, 4) is 0 Å². The molecule has 2 heterocycles. The molecular formula is C20H28BNO6. The van der Waals surface area contributed by atoms with E-state index in [0.29, 0.717) is 19.6 Å². The molecular weight excluding hydrogens is 361 g/mol. The lowest BCUT2D eigenvalue weighted by molar-refractivity contribution is -0.142. The van der Waals surface area contributed by atoms with Gasteiger partial charge in [0, 0.05) is 13.0 Å². The lowest BCUT2D eigenvalue weighted by atomic mass is 9.78. The summed E-state index contributed by atoms with van der Waals surface area (Å²) in [5.74, 6) is -1.59. The molecule has 2 fully saturated rings. The van der Waals surface area contributed by atoms with E-state index in [1.54, 1.807) is 0 Å². The first-order valence-corrected chi connectivity index (χ1v) is 9.64. The molecule has 28 heavy (non-hydrogen) atoms. The number of carboxylic acids is 1. The van der Waals surface area contributed by atoms with Gasteiger partial charge in [0.15, 0.2) is 0 Å². The summed E-state index contributed by atoms with van der Waals surface area (Å²) in [5, 5.41) is 12.1. The summed E-state index contributed by atoms with van der Waals surface area (Å²) in [7, 11) is -0.462. The Morgan fingerprint density at radius 1 is 1.18 bits per heavy atom. The first-order valence-electron chi connectivity index (χ1n) is 9.64. The first-order chi connectivity index (χ1) is 13.1. The van der Waals surface area contributed by atoms with Crippen molar-refractivity contribution in [2.24, 2.45) is 5.92 Å². The van der Waals surface area contributed by atoms with E-state index in [2.05, 4.69) is 5.32 Å². The standard InChI is InChI=1S/C20H28BNO6/c1-19(2)20(3,4)28-21(27-19)15-7-5-13(6-8-15)11-16(18(24)25)22-17(23)14-9-10-26-12-14/h5-8,14,16H,9-12H2,1-4H3,(H,22,23)(H,24,25)/t14-,16+/m1/s1. The van der Waals surface area contributed by atoms with Crippen molar-refractivity contribution in [1.82, 2.24) is 5.32 Å². The van der Waals surface area contributed by atoms with Crippen molar-refractivity contribution in [3.63, 3.8) is 0 Å². The van der Waals surface area contributed by atoms with Crippen LogP contribution in [0, 0.1) is 5.92 Å². The van der Waals surface area contributed by atoms with Crippen LogP contribution in [0.1, 0.15) is 39.7 Å². The van der Waals surface area contributed by atoms with E-state index in [1.165, 1.54) is 0 Å². The normalized spacial score (nSPS) is 24.1. The van der Waals surface area contributed by atoms with Gasteiger partial charge in [-0.1, -0.05) is 24.3 Å². The molecule has 1 amide bonds. The van der Waals surface area contributed by atoms with Crippen LogP contribution in [0.5, 0.6) is 0 Å². The highest BCUT2D eigenvalue weighted by molar-refractivity contribution is 6.62. The fraction of sp³-hybridized carbons (Fsp3) is 0.600. The van der Waals surface area contributed by atoms with E-state index in [1.807, 2.05) is 52.0 Å². The van der Waals surface area contributed by atoms with Gasteiger partial charge in [-0.25, -0.2) is 4.79 Å². The van der Waals surface area contributed by atoms with Crippen LogP contribution in [0.15, 0.2) is 24.3 Å². The Labute approximate surface area is 165 Å². The Kier molecular flexibility index (Phi) is 5.84. The zero-order valence-corrected chi connectivity index (χ0v) is 16.9. The zero-order valence-electron chi connectivity index (χ0n) is 16.9. The Balaban J connectivity index is 1.63. The van der Waals surface area contributed by atoms with Crippen LogP contribution in [0.4, 0.5) is 0 Å². The van der Waals surface area contributed by atoms with Crippen LogP contribution in [0.25, 0.3) is 0 Å². The smallest absolute Gasteiger partial charge is 0.480 e. The fourth-order valence-corrected chi connectivity index (χ4v) is 3.26. The van der Waals surface area contributed by atoms with Gasteiger partial charge in [-0.3, -0.25) is 4.79 Å². The topological polar surface area (TPSA) is 94.1 Å². The van der Waals surface area contributed by atoms with Gasteiger partial charge in [-0.15, -0.1) is 0 Å². The summed E-state index contributed by atoms with van der Waals surface area (Å²) in [6.07, 6.45) is 0.833. The molecule has 0 spiro atoms. The molecule has 0 aliphatic carbocycles. The number of carbonyl (C=O) groups is 2. The number of carboxylic acid groups (broad SMARTS) is 1. The molecule has 2 N–H and O–H groups in total. The third kappa shape index (κ3) is 4.40. The number of rotatable bonds is 6. The molecule has 0 radical (unpaired) electrons. The molecule has 2 aliphatic rings. The van der Waals surface area contributed by atoms with Crippen LogP contribution in [0.3, 0.4) is 0 Å². The van der Waals surface area contributed by atoms with E-state index in [9.17, 15) is 14.7 Å². The maximum Gasteiger partial charge on any atom is 0.494 e. The second-order valence-corrected chi connectivity index (χ2v) is 8.49. The van der Waals surface area contributed by atoms with Gasteiger partial charge >= 0.3 is 13.1 Å². The molecule has 8 heteroatoms. The summed E-state index contributed by atoms with van der Waals surface area (Å²) in [4.78, 5) is 23.8. The summed E-state index contributed by atoms with van der Waals surface area (Å²) >= 11 is 0. The van der Waals surface area contributed by atoms with Crippen molar-refractivity contribution in [1.29, 1.82) is 0 Å². The van der Waals surface area contributed by atoms with Crippen LogP contribution in [-0.4, -0.2) is 54.6 Å². The first kappa shape index (κ1) is 20.8. The van der Waals surface area contributed by atoms with Crippen LogP contribution < -0.4 is 10.8 Å². The van der Waals surface area contributed by atoms with Gasteiger partial charge in [0.25, 0.3) is 0 Å². The molecule has 2 atom stereocenters. The molecule has 3 rings (SSSR count). The molecule has 0 saturated carbocycles. The predicted molar refractivity (Wildman–Crippen MR) is 104 cm³/mol. The lowest BCUT2D eigenvalue weighted by Crippen LogP contribution is -2.45. The van der Waals surface area contributed by atoms with E-state index in [4.69, 9.17) is 14.0 Å². The maximum atomic E-state index is 12.2. The molecule has 1 aromatic rings. The maximum absolute atomic E-state index is 12.2. The summed E-state index contributed by atoms with van der Waals surface area (Å²) in [6, 6.07) is 6.48. The Morgan fingerprint density at radius 2 is 1.79 bits per heavy atom. The minimum Gasteiger partial charge on any atom is -0.480 e. The quantitative estimate of drug-likeness (QED) is 0.709. The molecule has 1 aromatic carbocycles. The van der Waals surface area contributed by atoms with Gasteiger partial charge in [0.1, 0.15) is 6.04 Å². The zero-order chi connectivity index (χ0) is 20.5. The van der Waals surface area contributed by atoms with Crippen molar-refractivity contribution < 1.29 is 28.7 Å². The Morgan fingerprint density at radius 3 is 2.29 bits per heavy atom. The molecule has 152 valence electrons. The lowest BCUT2D eigenvalue weighted by Gasteiger charge is -2.32.